The van der Waals surface area contributed by atoms with Crippen molar-refractivity contribution < 1.29 is 24.8 Å². The van der Waals surface area contributed by atoms with E-state index in [2.05, 4.69) is 13.8 Å². The van der Waals surface area contributed by atoms with Crippen LogP contribution in [0, 0.1) is 0 Å². The Balaban J connectivity index is -0.000000330. The predicted molar refractivity (Wildman–Crippen MR) is 96.9 cm³/mol. The monoisotopic (exact) mass is 338 g/mol. The molecule has 0 saturated heterocycles. The number of rotatable bonds is 14. The summed E-state index contributed by atoms with van der Waals surface area (Å²) in [4.78, 5) is 0. The zero-order valence-electron chi connectivity index (χ0n) is 15.8. The van der Waals surface area contributed by atoms with Crippen molar-refractivity contribution in [3.63, 3.8) is 0 Å². The predicted octanol–water partition coefficient (Wildman–Crippen LogP) is 3.15. The second kappa shape index (κ2) is 33.4. The second-order valence-electron chi connectivity index (χ2n) is 5.10. The Morgan fingerprint density at radius 1 is 0.522 bits per heavy atom. The van der Waals surface area contributed by atoms with Crippen LogP contribution in [0.3, 0.4) is 0 Å². The van der Waals surface area contributed by atoms with Gasteiger partial charge in [-0.25, -0.2) is 0 Å². The van der Waals surface area contributed by atoms with Gasteiger partial charge >= 0.3 is 0 Å². The highest BCUT2D eigenvalue weighted by molar-refractivity contribution is 4.41. The lowest BCUT2D eigenvalue weighted by Crippen LogP contribution is -1.96. The van der Waals surface area contributed by atoms with Gasteiger partial charge in [-0.15, -0.1) is 0 Å². The van der Waals surface area contributed by atoms with Gasteiger partial charge in [-0.1, -0.05) is 52.4 Å². The molecule has 0 atom stereocenters. The summed E-state index contributed by atoms with van der Waals surface area (Å²) >= 11 is 0. The first kappa shape index (κ1) is 27.6. The van der Waals surface area contributed by atoms with E-state index in [0.29, 0.717) is 13.2 Å². The molecule has 0 aromatic heterocycles. The highest BCUT2D eigenvalue weighted by Crippen LogP contribution is 2.01. The maximum Gasteiger partial charge on any atom is 0.0697 e. The normalized spacial score (nSPS) is 9.65. The van der Waals surface area contributed by atoms with Crippen molar-refractivity contribution in [3.8, 4) is 0 Å². The molecule has 3 N–H and O–H groups in total. The average molecular weight is 339 g/mol. The minimum Gasteiger partial charge on any atom is -0.394 e. The van der Waals surface area contributed by atoms with Crippen LogP contribution in [0.5, 0.6) is 0 Å². The summed E-state index contributed by atoms with van der Waals surface area (Å²) in [6, 6.07) is 0. The SMILES string of the molecule is CCCCCCOCCCCCC.CCOCCO.OCCO. The van der Waals surface area contributed by atoms with Gasteiger partial charge in [0.05, 0.1) is 26.4 Å². The molecule has 144 valence electrons. The average Bonchev–Trinajstić information content (AvgIpc) is 2.59. The van der Waals surface area contributed by atoms with Crippen molar-refractivity contribution in [3.05, 3.63) is 0 Å². The molecule has 0 aliphatic rings. The lowest BCUT2D eigenvalue weighted by atomic mass is 10.2. The molecule has 0 amide bonds. The minimum absolute atomic E-state index is 0.125. The molecule has 0 spiro atoms. The Morgan fingerprint density at radius 2 is 1.00 bits per heavy atom. The molecular formula is C18H42O5. The van der Waals surface area contributed by atoms with Crippen LogP contribution in [-0.4, -0.2) is 61.6 Å². The quantitative estimate of drug-likeness (QED) is 0.424. The van der Waals surface area contributed by atoms with Gasteiger partial charge in [0.1, 0.15) is 0 Å². The lowest BCUT2D eigenvalue weighted by molar-refractivity contribution is 0.102. The summed E-state index contributed by atoms with van der Waals surface area (Å²) in [5.74, 6) is 0. The van der Waals surface area contributed by atoms with Crippen LogP contribution in [0.25, 0.3) is 0 Å². The van der Waals surface area contributed by atoms with Crippen molar-refractivity contribution in [2.75, 3.05) is 46.2 Å². The highest BCUT2D eigenvalue weighted by Gasteiger charge is 1.90. The summed E-state index contributed by atoms with van der Waals surface area (Å²) in [5.41, 5.74) is 0. The van der Waals surface area contributed by atoms with Crippen LogP contribution < -0.4 is 0 Å². The van der Waals surface area contributed by atoms with Gasteiger partial charge in [0, 0.05) is 19.8 Å². The lowest BCUT2D eigenvalue weighted by Gasteiger charge is -2.03. The van der Waals surface area contributed by atoms with Crippen LogP contribution in [0.2, 0.25) is 0 Å². The molecule has 23 heavy (non-hydrogen) atoms. The van der Waals surface area contributed by atoms with E-state index in [9.17, 15) is 0 Å². The Kier molecular flexibility index (Phi) is 40.2. The Labute approximate surface area is 144 Å². The maximum atomic E-state index is 8.07. The highest BCUT2D eigenvalue weighted by atomic mass is 16.5. The van der Waals surface area contributed by atoms with E-state index in [-0.39, 0.29) is 19.8 Å². The molecule has 5 heteroatoms. The Morgan fingerprint density at radius 3 is 1.26 bits per heavy atom. The smallest absolute Gasteiger partial charge is 0.0697 e. The van der Waals surface area contributed by atoms with Gasteiger partial charge in [0.25, 0.3) is 0 Å². The number of hydrogen-bond donors (Lipinski definition) is 3. The molecule has 0 bridgehead atoms. The fourth-order valence-corrected chi connectivity index (χ4v) is 1.57. The number of hydrogen-bond acceptors (Lipinski definition) is 5. The summed E-state index contributed by atoms with van der Waals surface area (Å²) in [5, 5.41) is 23.3. The van der Waals surface area contributed by atoms with Gasteiger partial charge in [-0.3, -0.25) is 0 Å². The fraction of sp³-hybridized carbons (Fsp3) is 1.00. The molecule has 0 aliphatic heterocycles. The standard InChI is InChI=1S/C12H26O.C4H10O2.C2H6O2/c1-3-5-7-9-11-13-12-10-8-6-4-2;1-2-6-4-3-5;3-1-2-4/h3-12H2,1-2H3;5H,2-4H2,1H3;3-4H,1-2H2. The van der Waals surface area contributed by atoms with Crippen LogP contribution in [0.1, 0.15) is 72.1 Å². The maximum absolute atomic E-state index is 8.07. The van der Waals surface area contributed by atoms with E-state index in [1.165, 1.54) is 51.4 Å². The zero-order valence-corrected chi connectivity index (χ0v) is 15.8. The van der Waals surface area contributed by atoms with Gasteiger partial charge < -0.3 is 24.8 Å². The third-order valence-electron chi connectivity index (χ3n) is 2.82. The number of unbranched alkanes of at least 4 members (excludes halogenated alkanes) is 6. The summed E-state index contributed by atoms with van der Waals surface area (Å²) in [7, 11) is 0. The molecule has 0 radical (unpaired) electrons. The van der Waals surface area contributed by atoms with E-state index in [1.54, 1.807) is 0 Å². The number of aliphatic hydroxyl groups is 3. The first-order valence-corrected chi connectivity index (χ1v) is 9.22. The molecule has 0 heterocycles. The molecule has 0 unspecified atom stereocenters. The number of ether oxygens (including phenoxy) is 2. The molecule has 5 nitrogen and oxygen atoms in total. The Bertz CT molecular complexity index is 140. The van der Waals surface area contributed by atoms with Crippen molar-refractivity contribution in [1.29, 1.82) is 0 Å². The van der Waals surface area contributed by atoms with Crippen molar-refractivity contribution >= 4 is 0 Å². The van der Waals surface area contributed by atoms with Crippen molar-refractivity contribution in [2.45, 2.75) is 72.1 Å². The molecular weight excluding hydrogens is 296 g/mol. The first-order chi connectivity index (χ1) is 11.2. The largest absolute Gasteiger partial charge is 0.394 e. The van der Waals surface area contributed by atoms with E-state index in [4.69, 9.17) is 24.8 Å². The molecule has 0 rings (SSSR count). The van der Waals surface area contributed by atoms with Gasteiger partial charge in [-0.05, 0) is 19.8 Å². The van der Waals surface area contributed by atoms with Crippen LogP contribution in [0.15, 0.2) is 0 Å². The van der Waals surface area contributed by atoms with Gasteiger partial charge in [0.2, 0.25) is 0 Å². The van der Waals surface area contributed by atoms with Gasteiger partial charge in [-0.2, -0.15) is 0 Å². The second-order valence-corrected chi connectivity index (χ2v) is 5.10. The molecule has 0 saturated carbocycles. The van der Waals surface area contributed by atoms with Crippen molar-refractivity contribution in [1.82, 2.24) is 0 Å². The van der Waals surface area contributed by atoms with Gasteiger partial charge in [0.15, 0.2) is 0 Å². The van der Waals surface area contributed by atoms with E-state index >= 15 is 0 Å². The molecule has 0 aliphatic carbocycles. The summed E-state index contributed by atoms with van der Waals surface area (Å²) < 4.78 is 10.3. The third kappa shape index (κ3) is 44.9. The van der Waals surface area contributed by atoms with Crippen LogP contribution in [0.4, 0.5) is 0 Å². The molecule has 0 aromatic carbocycles. The summed E-state index contributed by atoms with van der Waals surface area (Å²) in [6.07, 6.45) is 10.5. The fourth-order valence-electron chi connectivity index (χ4n) is 1.57. The van der Waals surface area contributed by atoms with Crippen LogP contribution in [-0.2, 0) is 9.47 Å². The summed E-state index contributed by atoms with van der Waals surface area (Å²) in [6.45, 7) is 9.38. The Hall–Kier alpha value is -0.200. The topological polar surface area (TPSA) is 79.2 Å². The van der Waals surface area contributed by atoms with Crippen LogP contribution >= 0.6 is 0 Å². The van der Waals surface area contributed by atoms with E-state index in [1.807, 2.05) is 6.92 Å². The van der Waals surface area contributed by atoms with Crippen molar-refractivity contribution in [2.24, 2.45) is 0 Å². The molecule has 0 aromatic rings. The number of aliphatic hydroxyl groups excluding tert-OH is 3. The van der Waals surface area contributed by atoms with E-state index < -0.39 is 0 Å². The first-order valence-electron chi connectivity index (χ1n) is 9.22. The molecule has 0 fully saturated rings. The third-order valence-corrected chi connectivity index (χ3v) is 2.82. The zero-order chi connectivity index (χ0) is 18.0. The van der Waals surface area contributed by atoms with E-state index in [0.717, 1.165) is 13.2 Å². The minimum atomic E-state index is -0.125.